The van der Waals surface area contributed by atoms with Gasteiger partial charge in [-0.05, 0) is 55.5 Å². The lowest BCUT2D eigenvalue weighted by atomic mass is 10.2. The normalized spacial score (nSPS) is 14.9. The van der Waals surface area contributed by atoms with Crippen LogP contribution in [0, 0.1) is 6.92 Å². The first-order chi connectivity index (χ1) is 16.8. The summed E-state index contributed by atoms with van der Waals surface area (Å²) in [5.74, 6) is -0.279. The minimum Gasteiger partial charge on any atom is -0.484 e. The average molecular weight is 497 g/mol. The number of carbonyl (C=O) groups excluding carboxylic acids is 2. The van der Waals surface area contributed by atoms with Crippen LogP contribution >= 0.6 is 0 Å². The number of esters is 1. The van der Waals surface area contributed by atoms with Crippen molar-refractivity contribution in [3.63, 3.8) is 0 Å². The van der Waals surface area contributed by atoms with Crippen molar-refractivity contribution < 1.29 is 32.2 Å². The molecule has 3 aromatic rings. The SMILES string of the molecule is COC(=O)[C@H]1CN(C(=O)COc2ccc(S(=O)(=O)Nc3ccc(C)cc3)cc2)c2ccccc2O1. The Bertz CT molecular complexity index is 1320. The highest BCUT2D eigenvalue weighted by Gasteiger charge is 2.34. The van der Waals surface area contributed by atoms with E-state index in [-0.39, 0.29) is 18.0 Å². The van der Waals surface area contributed by atoms with Gasteiger partial charge < -0.3 is 19.1 Å². The quantitative estimate of drug-likeness (QED) is 0.500. The van der Waals surface area contributed by atoms with E-state index in [0.717, 1.165) is 5.56 Å². The summed E-state index contributed by atoms with van der Waals surface area (Å²) in [6.07, 6.45) is -0.954. The predicted octanol–water partition coefficient (Wildman–Crippen LogP) is 3.14. The van der Waals surface area contributed by atoms with Gasteiger partial charge in [0.05, 0.1) is 24.2 Å². The molecule has 1 amide bonds. The summed E-state index contributed by atoms with van der Waals surface area (Å²) in [5.41, 5.74) is 1.99. The zero-order valence-electron chi connectivity index (χ0n) is 19.1. The molecule has 9 nitrogen and oxygen atoms in total. The van der Waals surface area contributed by atoms with Gasteiger partial charge in [0.2, 0.25) is 6.10 Å². The first-order valence-electron chi connectivity index (χ1n) is 10.7. The predicted molar refractivity (Wildman–Crippen MR) is 129 cm³/mol. The zero-order chi connectivity index (χ0) is 25.0. The number of hydrogen-bond donors (Lipinski definition) is 1. The maximum atomic E-state index is 12.9. The summed E-state index contributed by atoms with van der Waals surface area (Å²) in [4.78, 5) is 26.4. The second kappa shape index (κ2) is 10.1. The average Bonchev–Trinajstić information content (AvgIpc) is 2.87. The molecular weight excluding hydrogens is 472 g/mol. The number of para-hydroxylation sites is 2. The third-order valence-electron chi connectivity index (χ3n) is 5.34. The molecule has 182 valence electrons. The second-order valence-electron chi connectivity index (χ2n) is 7.83. The van der Waals surface area contributed by atoms with E-state index in [1.165, 1.54) is 36.3 Å². The van der Waals surface area contributed by atoms with Crippen molar-refractivity contribution >= 4 is 33.3 Å². The number of amides is 1. The molecule has 1 N–H and O–H groups in total. The number of nitrogens with zero attached hydrogens (tertiary/aromatic N) is 1. The van der Waals surface area contributed by atoms with Crippen LogP contribution in [0.5, 0.6) is 11.5 Å². The van der Waals surface area contributed by atoms with Crippen molar-refractivity contribution in [1.29, 1.82) is 0 Å². The molecule has 1 aliphatic rings. The van der Waals surface area contributed by atoms with Gasteiger partial charge in [0.1, 0.15) is 11.5 Å². The van der Waals surface area contributed by atoms with Crippen LogP contribution in [0.1, 0.15) is 5.56 Å². The number of sulfonamides is 1. The number of rotatable bonds is 7. The van der Waals surface area contributed by atoms with Crippen LogP contribution in [0.3, 0.4) is 0 Å². The number of carbonyl (C=O) groups is 2. The van der Waals surface area contributed by atoms with Crippen molar-refractivity contribution in [2.24, 2.45) is 0 Å². The molecule has 0 fully saturated rings. The Labute approximate surface area is 203 Å². The van der Waals surface area contributed by atoms with Crippen LogP contribution in [0.15, 0.2) is 77.7 Å². The molecule has 10 heteroatoms. The summed E-state index contributed by atoms with van der Waals surface area (Å²) in [5, 5.41) is 0. The molecule has 0 saturated heterocycles. The van der Waals surface area contributed by atoms with Crippen molar-refractivity contribution in [3.8, 4) is 11.5 Å². The van der Waals surface area contributed by atoms with Crippen molar-refractivity contribution in [1.82, 2.24) is 0 Å². The lowest BCUT2D eigenvalue weighted by molar-refractivity contribution is -0.148. The molecule has 0 bridgehead atoms. The molecule has 0 radical (unpaired) electrons. The minimum absolute atomic E-state index is 0.0201. The summed E-state index contributed by atoms with van der Waals surface area (Å²) >= 11 is 0. The van der Waals surface area contributed by atoms with Crippen LogP contribution in [-0.4, -0.2) is 46.7 Å². The van der Waals surface area contributed by atoms with Crippen LogP contribution in [0.4, 0.5) is 11.4 Å². The molecule has 1 heterocycles. The molecule has 0 aliphatic carbocycles. The molecule has 0 aromatic heterocycles. The molecule has 0 unspecified atom stereocenters. The highest BCUT2D eigenvalue weighted by molar-refractivity contribution is 7.92. The van der Waals surface area contributed by atoms with E-state index in [0.29, 0.717) is 22.9 Å². The number of anilines is 2. The van der Waals surface area contributed by atoms with Gasteiger partial charge in [-0.25, -0.2) is 13.2 Å². The maximum absolute atomic E-state index is 12.9. The molecule has 1 atom stereocenters. The van der Waals surface area contributed by atoms with Gasteiger partial charge >= 0.3 is 5.97 Å². The van der Waals surface area contributed by atoms with Gasteiger partial charge in [-0.2, -0.15) is 0 Å². The van der Waals surface area contributed by atoms with E-state index >= 15 is 0 Å². The second-order valence-corrected chi connectivity index (χ2v) is 9.52. The minimum atomic E-state index is -3.78. The van der Waals surface area contributed by atoms with Gasteiger partial charge in [-0.15, -0.1) is 0 Å². The fourth-order valence-electron chi connectivity index (χ4n) is 3.50. The van der Waals surface area contributed by atoms with Crippen molar-refractivity contribution in [3.05, 3.63) is 78.4 Å². The van der Waals surface area contributed by atoms with Crippen LogP contribution in [0.2, 0.25) is 0 Å². The van der Waals surface area contributed by atoms with E-state index in [1.54, 1.807) is 36.4 Å². The number of benzene rings is 3. The summed E-state index contributed by atoms with van der Waals surface area (Å²) in [6, 6.07) is 19.6. The summed E-state index contributed by atoms with van der Waals surface area (Å²) in [6.45, 7) is 1.57. The fourth-order valence-corrected chi connectivity index (χ4v) is 4.56. The topological polar surface area (TPSA) is 111 Å². The number of ether oxygens (including phenoxy) is 3. The number of methoxy groups -OCH3 is 1. The smallest absolute Gasteiger partial charge is 0.348 e. The van der Waals surface area contributed by atoms with E-state index in [2.05, 4.69) is 4.72 Å². The monoisotopic (exact) mass is 496 g/mol. The standard InChI is InChI=1S/C25H24N2O7S/c1-17-7-9-18(10-8-17)26-35(30,31)20-13-11-19(12-14-20)33-16-24(28)27-15-23(25(29)32-2)34-22-6-4-3-5-21(22)27/h3-14,23,26H,15-16H2,1-2H3/t23-/m1/s1. The van der Waals surface area contributed by atoms with Gasteiger partial charge in [-0.1, -0.05) is 29.8 Å². The Morgan fingerprint density at radius 3 is 2.40 bits per heavy atom. The lowest BCUT2D eigenvalue weighted by Crippen LogP contribution is -2.48. The maximum Gasteiger partial charge on any atom is 0.348 e. The van der Waals surface area contributed by atoms with Gasteiger partial charge in [0, 0.05) is 5.69 Å². The van der Waals surface area contributed by atoms with Crippen LogP contribution < -0.4 is 19.1 Å². The van der Waals surface area contributed by atoms with E-state index in [1.807, 2.05) is 19.1 Å². The molecule has 0 spiro atoms. The Hall–Kier alpha value is -4.05. The van der Waals surface area contributed by atoms with Crippen molar-refractivity contribution in [2.75, 3.05) is 29.9 Å². The van der Waals surface area contributed by atoms with Crippen molar-refractivity contribution in [2.45, 2.75) is 17.9 Å². The molecule has 4 rings (SSSR count). The Balaban J connectivity index is 1.42. The van der Waals surface area contributed by atoms with E-state index < -0.39 is 28.0 Å². The van der Waals surface area contributed by atoms with E-state index in [9.17, 15) is 18.0 Å². The van der Waals surface area contributed by atoms with Crippen LogP contribution in [-0.2, 0) is 24.3 Å². The Kier molecular flexibility index (Phi) is 6.92. The van der Waals surface area contributed by atoms with E-state index in [4.69, 9.17) is 14.2 Å². The first-order valence-corrected chi connectivity index (χ1v) is 12.2. The number of nitrogens with one attached hydrogen (secondary N) is 1. The molecule has 0 saturated carbocycles. The number of fused-ring (bicyclic) bond motifs is 1. The van der Waals surface area contributed by atoms with Gasteiger partial charge in [-0.3, -0.25) is 9.52 Å². The Morgan fingerprint density at radius 1 is 1.03 bits per heavy atom. The third-order valence-corrected chi connectivity index (χ3v) is 6.74. The number of aryl methyl sites for hydroxylation is 1. The molecule has 3 aromatic carbocycles. The van der Waals surface area contributed by atoms with Gasteiger partial charge in [0.15, 0.2) is 6.61 Å². The highest BCUT2D eigenvalue weighted by Crippen LogP contribution is 2.33. The zero-order valence-corrected chi connectivity index (χ0v) is 19.9. The summed E-state index contributed by atoms with van der Waals surface area (Å²) < 4.78 is 43.8. The Morgan fingerprint density at radius 2 is 1.71 bits per heavy atom. The fraction of sp³-hybridized carbons (Fsp3) is 0.200. The van der Waals surface area contributed by atoms with Gasteiger partial charge in [0.25, 0.3) is 15.9 Å². The number of hydrogen-bond acceptors (Lipinski definition) is 7. The lowest BCUT2D eigenvalue weighted by Gasteiger charge is -2.33. The third kappa shape index (κ3) is 5.55. The highest BCUT2D eigenvalue weighted by atomic mass is 32.2. The molecular formula is C25H24N2O7S. The first kappa shape index (κ1) is 24.1. The largest absolute Gasteiger partial charge is 0.484 e. The molecule has 35 heavy (non-hydrogen) atoms. The van der Waals surface area contributed by atoms with Crippen LogP contribution in [0.25, 0.3) is 0 Å². The molecule has 1 aliphatic heterocycles. The summed E-state index contributed by atoms with van der Waals surface area (Å²) in [7, 11) is -2.53.